The van der Waals surface area contributed by atoms with Gasteiger partial charge in [0, 0.05) is 54.3 Å². The Morgan fingerprint density at radius 3 is 2.49 bits per heavy atom. The summed E-state index contributed by atoms with van der Waals surface area (Å²) in [5.41, 5.74) is 9.70. The van der Waals surface area contributed by atoms with Crippen molar-refractivity contribution in [3.05, 3.63) is 40.9 Å². The summed E-state index contributed by atoms with van der Waals surface area (Å²) in [6, 6.07) is 7.49. The van der Waals surface area contributed by atoms with Crippen molar-refractivity contribution in [3.8, 4) is 34.0 Å². The topological polar surface area (TPSA) is 109 Å². The van der Waals surface area contributed by atoms with Crippen LogP contribution >= 0.6 is 12.6 Å². The molecule has 0 spiro atoms. The molecule has 0 amide bonds. The first kappa shape index (κ1) is 27.4. The summed E-state index contributed by atoms with van der Waals surface area (Å²) in [6.45, 7) is 5.02. The molecule has 2 saturated heterocycles. The molecule has 2 aliphatic heterocycles. The Labute approximate surface area is 233 Å². The van der Waals surface area contributed by atoms with Crippen LogP contribution in [0, 0.1) is 5.41 Å². The van der Waals surface area contributed by atoms with Gasteiger partial charge in [-0.15, -0.1) is 12.6 Å². The molecule has 4 heterocycles. The van der Waals surface area contributed by atoms with Gasteiger partial charge >= 0.3 is 5.69 Å². The van der Waals surface area contributed by atoms with Crippen molar-refractivity contribution in [3.63, 3.8) is 0 Å². The lowest BCUT2D eigenvalue weighted by molar-refractivity contribution is -0.140. The summed E-state index contributed by atoms with van der Waals surface area (Å²) >= 11 is 4.70. The maximum absolute atomic E-state index is 13.2. The number of morpholine rings is 1. The van der Waals surface area contributed by atoms with E-state index in [2.05, 4.69) is 9.88 Å². The van der Waals surface area contributed by atoms with Crippen LogP contribution in [0.25, 0.3) is 22.4 Å². The Balaban J connectivity index is 1.48. The van der Waals surface area contributed by atoms with Gasteiger partial charge in [0.1, 0.15) is 23.1 Å². The second kappa shape index (κ2) is 11.1. The smallest absolute Gasteiger partial charge is 0.348 e. The average molecular weight is 557 g/mol. The number of imidazole rings is 1. The van der Waals surface area contributed by atoms with Crippen LogP contribution in [-0.4, -0.2) is 93.0 Å². The molecule has 0 saturated carbocycles. The second-order valence-corrected chi connectivity index (χ2v) is 10.9. The van der Waals surface area contributed by atoms with Crippen LogP contribution in [0.1, 0.15) is 0 Å². The van der Waals surface area contributed by atoms with E-state index in [-0.39, 0.29) is 11.1 Å². The van der Waals surface area contributed by atoms with Crippen LogP contribution in [0.5, 0.6) is 11.6 Å². The highest BCUT2D eigenvalue weighted by atomic mass is 32.1. The number of hydrogen-bond acceptors (Lipinski definition) is 10. The van der Waals surface area contributed by atoms with Gasteiger partial charge in [0.15, 0.2) is 0 Å². The van der Waals surface area contributed by atoms with E-state index in [1.807, 2.05) is 37.3 Å². The first-order valence-electron chi connectivity index (χ1n) is 12.9. The molecule has 0 bridgehead atoms. The van der Waals surface area contributed by atoms with Crippen molar-refractivity contribution in [1.82, 2.24) is 19.1 Å². The molecule has 2 aliphatic rings. The van der Waals surface area contributed by atoms with E-state index in [1.54, 1.807) is 31.1 Å². The highest BCUT2D eigenvalue weighted by Gasteiger charge is 2.40. The molecule has 0 atom stereocenters. The number of benzene rings is 1. The first-order chi connectivity index (χ1) is 18.7. The number of anilines is 1. The molecule has 3 aromatic rings. The summed E-state index contributed by atoms with van der Waals surface area (Å²) in [7, 11) is 7.40. The molecule has 5 rings (SSSR count). The van der Waals surface area contributed by atoms with Gasteiger partial charge in [-0.1, -0.05) is 0 Å². The van der Waals surface area contributed by atoms with E-state index in [0.29, 0.717) is 79.7 Å². The Hall–Kier alpha value is -3.19. The number of methoxy groups -OCH3 is 1. The predicted molar refractivity (Wildman–Crippen MR) is 153 cm³/mol. The predicted octanol–water partition coefficient (Wildman–Crippen LogP) is 1.72. The van der Waals surface area contributed by atoms with Gasteiger partial charge in [0.2, 0.25) is 5.88 Å². The quantitative estimate of drug-likeness (QED) is 0.301. The molecule has 0 unspecified atom stereocenters. The van der Waals surface area contributed by atoms with Gasteiger partial charge in [0.25, 0.3) is 0 Å². The van der Waals surface area contributed by atoms with Gasteiger partial charge in [-0.2, -0.15) is 0 Å². The molecule has 39 heavy (non-hydrogen) atoms. The van der Waals surface area contributed by atoms with Crippen LogP contribution in [0.15, 0.2) is 40.3 Å². The van der Waals surface area contributed by atoms with E-state index in [0.717, 1.165) is 17.7 Å². The maximum atomic E-state index is 13.2. The molecule has 2 aromatic heterocycles. The number of nitrogen functional groups attached to an aromatic ring is 1. The zero-order valence-electron chi connectivity index (χ0n) is 22.8. The Morgan fingerprint density at radius 2 is 1.90 bits per heavy atom. The summed E-state index contributed by atoms with van der Waals surface area (Å²) < 4.78 is 25.9. The van der Waals surface area contributed by atoms with Gasteiger partial charge in [-0.3, -0.25) is 4.57 Å². The zero-order chi connectivity index (χ0) is 27.7. The minimum absolute atomic E-state index is 0.0184. The molecule has 0 radical (unpaired) electrons. The second-order valence-electron chi connectivity index (χ2n) is 10.4. The van der Waals surface area contributed by atoms with E-state index in [4.69, 9.17) is 37.3 Å². The standard InChI is InChI=1S/C27H36N6O5S/c1-30(2)14-27(15-37-16-27)17-38-23-6-5-18(13-29-23)19-11-20(21(28)12-22(19)35-4)24-25(39)31(3)26(34)33(24)32-7-9-36-10-8-32/h5-6,11-13,39H,7-10,14-17,28H2,1-4H3. The molecular formula is C27H36N6O5S. The van der Waals surface area contributed by atoms with Crippen LogP contribution in [-0.2, 0) is 16.5 Å². The number of thiol groups is 1. The third kappa shape index (κ3) is 5.33. The molecule has 210 valence electrons. The highest BCUT2D eigenvalue weighted by molar-refractivity contribution is 7.80. The third-order valence-corrected chi connectivity index (χ3v) is 7.66. The van der Waals surface area contributed by atoms with E-state index < -0.39 is 0 Å². The first-order valence-corrected chi connectivity index (χ1v) is 13.3. The lowest BCUT2D eigenvalue weighted by Crippen LogP contribution is -2.53. The van der Waals surface area contributed by atoms with E-state index in [9.17, 15) is 4.79 Å². The Bertz CT molecular complexity index is 1380. The number of nitrogens with zero attached hydrogens (tertiary/aromatic N) is 5. The monoisotopic (exact) mass is 556 g/mol. The number of pyridine rings is 1. The van der Waals surface area contributed by atoms with Gasteiger partial charge in [-0.05, 0) is 26.2 Å². The third-order valence-electron chi connectivity index (χ3n) is 7.15. The minimum atomic E-state index is -0.194. The van der Waals surface area contributed by atoms with Gasteiger partial charge < -0.3 is 34.6 Å². The SMILES string of the molecule is COc1cc(N)c(-c2c(S)n(C)c(=O)n2N2CCOCC2)cc1-c1ccc(OCC2(CN(C)C)COC2)nc1. The minimum Gasteiger partial charge on any atom is -0.496 e. The summed E-state index contributed by atoms with van der Waals surface area (Å²) in [5.74, 6) is 1.14. The lowest BCUT2D eigenvalue weighted by atomic mass is 9.86. The fraction of sp³-hybridized carbons (Fsp3) is 0.481. The summed E-state index contributed by atoms with van der Waals surface area (Å²) in [5, 5.41) is 2.48. The van der Waals surface area contributed by atoms with Crippen LogP contribution in [0.2, 0.25) is 0 Å². The van der Waals surface area contributed by atoms with Crippen LogP contribution < -0.4 is 25.9 Å². The largest absolute Gasteiger partial charge is 0.496 e. The van der Waals surface area contributed by atoms with Crippen LogP contribution in [0.3, 0.4) is 0 Å². The normalized spacial score (nSPS) is 16.8. The zero-order valence-corrected chi connectivity index (χ0v) is 23.7. The number of rotatable bonds is 9. The molecule has 11 nitrogen and oxygen atoms in total. The fourth-order valence-corrected chi connectivity index (χ4v) is 5.46. The number of ether oxygens (including phenoxy) is 4. The molecule has 1 aromatic carbocycles. The number of aromatic nitrogens is 3. The van der Waals surface area contributed by atoms with Gasteiger partial charge in [0.05, 0.1) is 52.0 Å². The molecule has 2 N–H and O–H groups in total. The Kier molecular flexibility index (Phi) is 7.81. The van der Waals surface area contributed by atoms with Crippen molar-refractivity contribution in [2.24, 2.45) is 12.5 Å². The molecule has 0 aliphatic carbocycles. The van der Waals surface area contributed by atoms with Crippen molar-refractivity contribution >= 4 is 18.3 Å². The summed E-state index contributed by atoms with van der Waals surface area (Å²) in [4.78, 5) is 19.9. The number of hydrogen-bond donors (Lipinski definition) is 2. The molecular weight excluding hydrogens is 520 g/mol. The molecule has 2 fully saturated rings. The highest BCUT2D eigenvalue weighted by Crippen LogP contribution is 2.40. The summed E-state index contributed by atoms with van der Waals surface area (Å²) in [6.07, 6.45) is 1.75. The van der Waals surface area contributed by atoms with Crippen LogP contribution in [0.4, 0.5) is 5.69 Å². The lowest BCUT2D eigenvalue weighted by Gasteiger charge is -2.42. The maximum Gasteiger partial charge on any atom is 0.348 e. The Morgan fingerprint density at radius 1 is 1.15 bits per heavy atom. The van der Waals surface area contributed by atoms with Gasteiger partial charge in [-0.25, -0.2) is 14.5 Å². The van der Waals surface area contributed by atoms with Crippen molar-refractivity contribution < 1.29 is 18.9 Å². The van der Waals surface area contributed by atoms with Crippen molar-refractivity contribution in [2.75, 3.05) is 84.6 Å². The van der Waals surface area contributed by atoms with E-state index in [1.165, 1.54) is 4.57 Å². The average Bonchev–Trinajstić information content (AvgIpc) is 3.14. The molecule has 12 heteroatoms. The van der Waals surface area contributed by atoms with E-state index >= 15 is 0 Å². The number of nitrogens with two attached hydrogens (primary N) is 1. The van der Waals surface area contributed by atoms with Crippen molar-refractivity contribution in [2.45, 2.75) is 5.03 Å². The fourth-order valence-electron chi connectivity index (χ4n) is 5.16. The van der Waals surface area contributed by atoms with Crippen molar-refractivity contribution in [1.29, 1.82) is 0 Å².